The highest BCUT2D eigenvalue weighted by atomic mass is 127. The minimum Gasteiger partial charge on any atom is -0.497 e. The van der Waals surface area contributed by atoms with E-state index in [0.717, 1.165) is 43.0 Å². The summed E-state index contributed by atoms with van der Waals surface area (Å²) in [6.07, 6.45) is 2.44. The van der Waals surface area contributed by atoms with Gasteiger partial charge in [-0.1, -0.05) is 87.5 Å². The van der Waals surface area contributed by atoms with Crippen LogP contribution in [0.1, 0.15) is 49.4 Å². The Kier molecular flexibility index (Phi) is 13.2. The third-order valence-corrected chi connectivity index (χ3v) is 14.3. The van der Waals surface area contributed by atoms with Gasteiger partial charge in [-0.25, -0.2) is 0 Å². The minimum absolute atomic E-state index is 0.0731. The van der Waals surface area contributed by atoms with E-state index in [9.17, 15) is 4.79 Å². The summed E-state index contributed by atoms with van der Waals surface area (Å²) < 4.78 is 24.8. The first-order chi connectivity index (χ1) is 22.5. The monoisotopic (exact) mass is 763 g/mol. The van der Waals surface area contributed by atoms with Crippen molar-refractivity contribution in [2.75, 3.05) is 19.0 Å². The van der Waals surface area contributed by atoms with E-state index >= 15 is 0 Å². The molecule has 0 aliphatic heterocycles. The number of anilines is 1. The van der Waals surface area contributed by atoms with Crippen molar-refractivity contribution < 1.29 is 23.4 Å². The number of hydrogen-bond donors (Lipinski definition) is 1. The van der Waals surface area contributed by atoms with Gasteiger partial charge >= 0.3 is 0 Å². The Morgan fingerprint density at radius 3 is 2.17 bits per heavy atom. The van der Waals surface area contributed by atoms with Gasteiger partial charge in [0, 0.05) is 15.8 Å². The van der Waals surface area contributed by atoms with Crippen molar-refractivity contribution in [3.05, 3.63) is 128 Å². The average molecular weight is 764 g/mol. The Morgan fingerprint density at radius 2 is 1.47 bits per heavy atom. The fraction of sp³-hybridized carbons (Fsp3) is 0.308. The number of carbonyl (C=O) groups is 1. The molecule has 248 valence electrons. The fourth-order valence-corrected chi connectivity index (χ4v) is 6.25. The molecule has 0 radical (unpaired) electrons. The van der Waals surface area contributed by atoms with Crippen molar-refractivity contribution in [2.24, 2.45) is 0 Å². The number of rotatable bonds is 15. The van der Waals surface area contributed by atoms with Crippen LogP contribution in [0.25, 0.3) is 6.08 Å². The molecule has 1 N–H and O–H groups in total. The van der Waals surface area contributed by atoms with E-state index in [4.69, 9.17) is 18.6 Å². The van der Waals surface area contributed by atoms with E-state index in [0.29, 0.717) is 38.4 Å². The molecular weight excluding hydrogens is 717 g/mol. The maximum atomic E-state index is 14.0. The van der Waals surface area contributed by atoms with Gasteiger partial charge < -0.3 is 24.0 Å². The number of ether oxygens (including phenoxy) is 3. The van der Waals surface area contributed by atoms with Gasteiger partial charge in [0.1, 0.15) is 18.1 Å². The van der Waals surface area contributed by atoms with Crippen LogP contribution in [0.15, 0.2) is 103 Å². The number of amides is 1. The molecule has 0 saturated carbocycles. The van der Waals surface area contributed by atoms with Crippen molar-refractivity contribution in [1.29, 1.82) is 0 Å². The second kappa shape index (κ2) is 17.1. The van der Waals surface area contributed by atoms with Crippen molar-refractivity contribution in [2.45, 2.75) is 65.1 Å². The molecule has 8 heteroatoms. The summed E-state index contributed by atoms with van der Waals surface area (Å²) in [5.41, 5.74) is 5.44. The zero-order valence-corrected chi connectivity index (χ0v) is 31.4. The van der Waals surface area contributed by atoms with Crippen molar-refractivity contribution >= 4 is 48.6 Å². The largest absolute Gasteiger partial charge is 0.497 e. The van der Waals surface area contributed by atoms with Crippen LogP contribution < -0.4 is 14.8 Å². The number of hydrogen-bond acceptors (Lipinski definition) is 5. The zero-order chi connectivity index (χ0) is 33.9. The van der Waals surface area contributed by atoms with Crippen LogP contribution in [0, 0.1) is 3.57 Å². The standard InChI is InChI=1S/C39H46INO5Si/c1-39(2,3)47(5,6)46-24-23-31(25-30-15-10-11-16-32(30)28-45-35-21-19-34(43-4)20-22-35)38(42)41-36-18-12-17-33(37(36)40)27-44-26-29-13-8-7-9-14-29/h7-22,25H,23-24,26-28H2,1-6H3,(H,41,42)/b31-25+. The Labute approximate surface area is 294 Å². The third-order valence-electron chi connectivity index (χ3n) is 8.47. The first kappa shape index (κ1) is 36.4. The molecule has 0 heterocycles. The van der Waals surface area contributed by atoms with E-state index in [2.05, 4.69) is 61.8 Å². The highest BCUT2D eigenvalue weighted by Gasteiger charge is 2.37. The van der Waals surface area contributed by atoms with Gasteiger partial charge in [-0.05, 0) is 106 Å². The van der Waals surface area contributed by atoms with Crippen LogP contribution >= 0.6 is 22.6 Å². The normalized spacial score (nSPS) is 12.1. The Hall–Kier alpha value is -3.44. The summed E-state index contributed by atoms with van der Waals surface area (Å²) in [6, 6.07) is 31.5. The van der Waals surface area contributed by atoms with Gasteiger partial charge in [0.2, 0.25) is 0 Å². The van der Waals surface area contributed by atoms with E-state index in [-0.39, 0.29) is 10.9 Å². The zero-order valence-electron chi connectivity index (χ0n) is 28.3. The molecule has 0 spiro atoms. The van der Waals surface area contributed by atoms with Gasteiger partial charge in [-0.2, -0.15) is 0 Å². The highest BCUT2D eigenvalue weighted by molar-refractivity contribution is 14.1. The Bertz CT molecular complexity index is 1630. The van der Waals surface area contributed by atoms with Gasteiger partial charge in [-0.15, -0.1) is 0 Å². The van der Waals surface area contributed by atoms with Gasteiger partial charge in [-0.3, -0.25) is 4.79 Å². The molecule has 47 heavy (non-hydrogen) atoms. The van der Waals surface area contributed by atoms with Crippen molar-refractivity contribution in [3.63, 3.8) is 0 Å². The van der Waals surface area contributed by atoms with Crippen molar-refractivity contribution in [1.82, 2.24) is 0 Å². The lowest BCUT2D eigenvalue weighted by molar-refractivity contribution is -0.113. The van der Waals surface area contributed by atoms with Gasteiger partial charge in [0.25, 0.3) is 5.91 Å². The predicted molar refractivity (Wildman–Crippen MR) is 202 cm³/mol. The second-order valence-electron chi connectivity index (χ2n) is 12.9. The molecule has 0 aromatic heterocycles. The van der Waals surface area contributed by atoms with E-state index < -0.39 is 8.32 Å². The predicted octanol–water partition coefficient (Wildman–Crippen LogP) is 10.0. The van der Waals surface area contributed by atoms with Gasteiger partial charge in [0.05, 0.1) is 26.0 Å². The molecule has 0 unspecified atom stereocenters. The molecule has 0 atom stereocenters. The molecule has 0 bridgehead atoms. The molecule has 0 saturated heterocycles. The molecule has 0 fully saturated rings. The lowest BCUT2D eigenvalue weighted by atomic mass is 10.0. The van der Waals surface area contributed by atoms with Crippen LogP contribution in [0.4, 0.5) is 5.69 Å². The maximum Gasteiger partial charge on any atom is 0.251 e. The number of carbonyl (C=O) groups excluding carboxylic acids is 1. The topological polar surface area (TPSA) is 66.0 Å². The third kappa shape index (κ3) is 10.8. The fourth-order valence-electron chi connectivity index (χ4n) is 4.55. The Balaban J connectivity index is 1.53. The molecule has 4 aromatic rings. The maximum absolute atomic E-state index is 14.0. The number of halogens is 1. The van der Waals surface area contributed by atoms with Crippen molar-refractivity contribution in [3.8, 4) is 11.5 Å². The molecule has 1 amide bonds. The molecule has 4 rings (SSSR count). The van der Waals surface area contributed by atoms with Crippen LogP contribution in [-0.4, -0.2) is 27.9 Å². The minimum atomic E-state index is -2.00. The summed E-state index contributed by atoms with van der Waals surface area (Å²) in [7, 11) is -0.356. The Morgan fingerprint density at radius 1 is 0.809 bits per heavy atom. The summed E-state index contributed by atoms with van der Waals surface area (Å²) in [4.78, 5) is 14.0. The molecule has 0 aliphatic rings. The van der Waals surface area contributed by atoms with Crippen LogP contribution in [-0.2, 0) is 33.8 Å². The highest BCUT2D eigenvalue weighted by Crippen LogP contribution is 2.37. The quantitative estimate of drug-likeness (QED) is 0.0742. The first-order valence-corrected chi connectivity index (χ1v) is 19.9. The molecule has 4 aromatic carbocycles. The first-order valence-electron chi connectivity index (χ1n) is 15.9. The van der Waals surface area contributed by atoms with Crippen LogP contribution in [0.5, 0.6) is 11.5 Å². The molecule has 0 aliphatic carbocycles. The second-order valence-corrected chi connectivity index (χ2v) is 18.8. The number of methoxy groups -OCH3 is 1. The number of nitrogens with one attached hydrogen (secondary N) is 1. The summed E-state index contributed by atoms with van der Waals surface area (Å²) in [5.74, 6) is 1.36. The summed E-state index contributed by atoms with van der Waals surface area (Å²) in [6.45, 7) is 12.9. The number of benzene rings is 4. The smallest absolute Gasteiger partial charge is 0.251 e. The average Bonchev–Trinajstić information content (AvgIpc) is 3.05. The van der Waals surface area contributed by atoms with Crippen LogP contribution in [0.2, 0.25) is 18.1 Å². The van der Waals surface area contributed by atoms with E-state index in [1.165, 1.54) is 0 Å². The van der Waals surface area contributed by atoms with E-state index in [1.807, 2.05) is 103 Å². The lowest BCUT2D eigenvalue weighted by Gasteiger charge is -2.36. The van der Waals surface area contributed by atoms with Gasteiger partial charge in [0.15, 0.2) is 8.32 Å². The summed E-state index contributed by atoms with van der Waals surface area (Å²) >= 11 is 2.29. The SMILES string of the molecule is COc1ccc(OCc2ccccc2/C=C(\CCO[Si](C)(C)C(C)(C)C)C(=O)Nc2cccc(COCc3ccccc3)c2I)cc1. The molecule has 6 nitrogen and oxygen atoms in total. The summed E-state index contributed by atoms with van der Waals surface area (Å²) in [5, 5.41) is 3.26. The molecular formula is C39H46INO5Si. The van der Waals surface area contributed by atoms with E-state index in [1.54, 1.807) is 7.11 Å². The van der Waals surface area contributed by atoms with Crippen LogP contribution in [0.3, 0.4) is 0 Å². The lowest BCUT2D eigenvalue weighted by Crippen LogP contribution is -2.41.